The van der Waals surface area contributed by atoms with Gasteiger partial charge in [-0.1, -0.05) is 19.8 Å². The predicted octanol–water partition coefficient (Wildman–Crippen LogP) is 3.03. The van der Waals surface area contributed by atoms with E-state index in [9.17, 15) is 14.9 Å². The Hall–Kier alpha value is -1.91. The van der Waals surface area contributed by atoms with E-state index >= 15 is 0 Å². The molecule has 0 N–H and O–H groups in total. The Bertz CT molecular complexity index is 432. The van der Waals surface area contributed by atoms with Gasteiger partial charge in [0, 0.05) is 25.2 Å². The first-order chi connectivity index (χ1) is 8.60. The Morgan fingerprint density at radius 1 is 1.39 bits per heavy atom. The standard InChI is InChI=1S/C13H18N2O3/c1-3-4-5-8-14(2)12-7-6-11(10-16)9-13(12)15(17)18/h6-7,9-10H,3-5,8H2,1-2H3. The number of aldehydes is 1. The zero-order valence-electron chi connectivity index (χ0n) is 10.8. The van der Waals surface area contributed by atoms with E-state index < -0.39 is 4.92 Å². The smallest absolute Gasteiger partial charge is 0.293 e. The lowest BCUT2D eigenvalue weighted by Gasteiger charge is -2.19. The summed E-state index contributed by atoms with van der Waals surface area (Å²) in [4.78, 5) is 23.0. The number of carbonyl (C=O) groups excluding carboxylic acids is 1. The third-order valence-electron chi connectivity index (χ3n) is 2.84. The van der Waals surface area contributed by atoms with Gasteiger partial charge in [-0.15, -0.1) is 0 Å². The van der Waals surface area contributed by atoms with Crippen LogP contribution in [0.15, 0.2) is 18.2 Å². The minimum atomic E-state index is -0.446. The van der Waals surface area contributed by atoms with Crippen LogP contribution in [-0.4, -0.2) is 24.8 Å². The van der Waals surface area contributed by atoms with Gasteiger partial charge < -0.3 is 4.90 Å². The molecule has 0 unspecified atom stereocenters. The molecule has 1 rings (SSSR count). The van der Waals surface area contributed by atoms with Crippen molar-refractivity contribution in [2.24, 2.45) is 0 Å². The lowest BCUT2D eigenvalue weighted by molar-refractivity contribution is -0.384. The summed E-state index contributed by atoms with van der Waals surface area (Å²) in [5, 5.41) is 11.0. The van der Waals surface area contributed by atoms with Gasteiger partial charge in [-0.05, 0) is 18.6 Å². The van der Waals surface area contributed by atoms with Crippen molar-refractivity contribution >= 4 is 17.7 Å². The number of benzene rings is 1. The van der Waals surface area contributed by atoms with Crippen LogP contribution in [0.2, 0.25) is 0 Å². The number of hydrogen-bond donors (Lipinski definition) is 0. The summed E-state index contributed by atoms with van der Waals surface area (Å²) in [5.41, 5.74) is 0.868. The molecule has 0 radical (unpaired) electrons. The molecule has 0 aliphatic carbocycles. The fourth-order valence-corrected chi connectivity index (χ4v) is 1.80. The Labute approximate surface area is 107 Å². The number of anilines is 1. The van der Waals surface area contributed by atoms with Gasteiger partial charge in [0.2, 0.25) is 0 Å². The highest BCUT2D eigenvalue weighted by molar-refractivity contribution is 5.79. The Morgan fingerprint density at radius 3 is 2.67 bits per heavy atom. The van der Waals surface area contributed by atoms with E-state index in [4.69, 9.17) is 0 Å². The molecule has 5 heteroatoms. The number of nitro benzene ring substituents is 1. The van der Waals surface area contributed by atoms with E-state index in [2.05, 4.69) is 6.92 Å². The fraction of sp³-hybridized carbons (Fsp3) is 0.462. The van der Waals surface area contributed by atoms with Crippen LogP contribution in [0, 0.1) is 10.1 Å². The van der Waals surface area contributed by atoms with E-state index in [1.165, 1.54) is 6.07 Å². The molecule has 0 aromatic heterocycles. The largest absolute Gasteiger partial charge is 0.369 e. The molecule has 0 fully saturated rings. The molecule has 0 aliphatic rings. The lowest BCUT2D eigenvalue weighted by Crippen LogP contribution is -2.19. The first-order valence-electron chi connectivity index (χ1n) is 6.05. The van der Waals surface area contributed by atoms with Gasteiger partial charge in [-0.2, -0.15) is 0 Å². The molecule has 1 aromatic carbocycles. The molecule has 0 atom stereocenters. The summed E-state index contributed by atoms with van der Waals surface area (Å²) in [7, 11) is 1.83. The summed E-state index contributed by atoms with van der Waals surface area (Å²) in [6, 6.07) is 4.55. The highest BCUT2D eigenvalue weighted by Crippen LogP contribution is 2.28. The minimum absolute atomic E-state index is 0.0152. The van der Waals surface area contributed by atoms with Crippen LogP contribution in [-0.2, 0) is 0 Å². The van der Waals surface area contributed by atoms with Crippen molar-refractivity contribution in [2.75, 3.05) is 18.5 Å². The van der Waals surface area contributed by atoms with Crippen LogP contribution >= 0.6 is 0 Å². The van der Waals surface area contributed by atoms with Crippen molar-refractivity contribution in [3.05, 3.63) is 33.9 Å². The van der Waals surface area contributed by atoms with E-state index in [0.717, 1.165) is 25.8 Å². The second-order valence-electron chi connectivity index (χ2n) is 4.25. The van der Waals surface area contributed by atoms with Crippen LogP contribution in [0.3, 0.4) is 0 Å². The molecule has 0 aliphatic heterocycles. The first-order valence-corrected chi connectivity index (χ1v) is 6.05. The molecule has 5 nitrogen and oxygen atoms in total. The van der Waals surface area contributed by atoms with Crippen molar-refractivity contribution in [3.8, 4) is 0 Å². The number of rotatable bonds is 7. The molecule has 98 valence electrons. The number of unbranched alkanes of at least 4 members (excludes halogenated alkanes) is 2. The van der Waals surface area contributed by atoms with Crippen molar-refractivity contribution in [3.63, 3.8) is 0 Å². The van der Waals surface area contributed by atoms with Crippen molar-refractivity contribution in [1.82, 2.24) is 0 Å². The summed E-state index contributed by atoms with van der Waals surface area (Å²) in [5.74, 6) is 0. The van der Waals surface area contributed by atoms with Crippen LogP contribution in [0.4, 0.5) is 11.4 Å². The average molecular weight is 250 g/mol. The number of nitrogens with zero attached hydrogens (tertiary/aromatic N) is 2. The number of carbonyl (C=O) groups is 1. The Balaban J connectivity index is 2.92. The van der Waals surface area contributed by atoms with E-state index in [1.54, 1.807) is 12.1 Å². The van der Waals surface area contributed by atoms with E-state index in [1.807, 2.05) is 11.9 Å². The molecule has 0 heterocycles. The number of nitro groups is 1. The summed E-state index contributed by atoms with van der Waals surface area (Å²) in [6.45, 7) is 2.89. The van der Waals surface area contributed by atoms with Gasteiger partial charge in [-0.3, -0.25) is 14.9 Å². The molecule has 1 aromatic rings. The first kappa shape index (κ1) is 14.2. The summed E-state index contributed by atoms with van der Waals surface area (Å²) in [6.07, 6.45) is 3.83. The third-order valence-corrected chi connectivity index (χ3v) is 2.84. The normalized spacial score (nSPS) is 10.1. The van der Waals surface area contributed by atoms with E-state index in [0.29, 0.717) is 17.5 Å². The van der Waals surface area contributed by atoms with Gasteiger partial charge in [0.25, 0.3) is 5.69 Å². The van der Waals surface area contributed by atoms with Crippen LogP contribution in [0.5, 0.6) is 0 Å². The maximum atomic E-state index is 11.0. The molecule has 0 amide bonds. The zero-order valence-corrected chi connectivity index (χ0v) is 10.8. The molecule has 18 heavy (non-hydrogen) atoms. The third kappa shape index (κ3) is 3.55. The van der Waals surface area contributed by atoms with E-state index in [-0.39, 0.29) is 5.69 Å². The second-order valence-corrected chi connectivity index (χ2v) is 4.25. The monoisotopic (exact) mass is 250 g/mol. The molecular formula is C13H18N2O3. The molecule has 0 spiro atoms. The van der Waals surface area contributed by atoms with Crippen molar-refractivity contribution in [2.45, 2.75) is 26.2 Å². The molecule has 0 saturated heterocycles. The number of hydrogen-bond acceptors (Lipinski definition) is 4. The predicted molar refractivity (Wildman–Crippen MR) is 71.3 cm³/mol. The minimum Gasteiger partial charge on any atom is -0.369 e. The highest BCUT2D eigenvalue weighted by atomic mass is 16.6. The van der Waals surface area contributed by atoms with Gasteiger partial charge in [-0.25, -0.2) is 0 Å². The fourth-order valence-electron chi connectivity index (χ4n) is 1.80. The van der Waals surface area contributed by atoms with Gasteiger partial charge in [0.15, 0.2) is 0 Å². The topological polar surface area (TPSA) is 63.5 Å². The maximum absolute atomic E-state index is 11.0. The second kappa shape index (κ2) is 6.74. The SMILES string of the molecule is CCCCCN(C)c1ccc(C=O)cc1[N+](=O)[O-]. The van der Waals surface area contributed by atoms with Crippen LogP contribution in [0.25, 0.3) is 0 Å². The van der Waals surface area contributed by atoms with Crippen LogP contribution < -0.4 is 4.90 Å². The Morgan fingerprint density at radius 2 is 2.11 bits per heavy atom. The highest BCUT2D eigenvalue weighted by Gasteiger charge is 2.17. The van der Waals surface area contributed by atoms with Gasteiger partial charge in [0.1, 0.15) is 12.0 Å². The average Bonchev–Trinajstić information content (AvgIpc) is 2.38. The lowest BCUT2D eigenvalue weighted by atomic mass is 10.1. The van der Waals surface area contributed by atoms with Crippen molar-refractivity contribution < 1.29 is 9.72 Å². The van der Waals surface area contributed by atoms with Gasteiger partial charge in [0.05, 0.1) is 4.92 Å². The molecule has 0 saturated carbocycles. The summed E-state index contributed by atoms with van der Waals surface area (Å²) < 4.78 is 0. The van der Waals surface area contributed by atoms with Gasteiger partial charge >= 0.3 is 0 Å². The van der Waals surface area contributed by atoms with Crippen molar-refractivity contribution in [1.29, 1.82) is 0 Å². The molecule has 0 bridgehead atoms. The Kier molecular flexibility index (Phi) is 5.30. The molecular weight excluding hydrogens is 232 g/mol. The quantitative estimate of drug-likeness (QED) is 0.323. The van der Waals surface area contributed by atoms with Crippen LogP contribution in [0.1, 0.15) is 36.5 Å². The summed E-state index contributed by atoms with van der Waals surface area (Å²) >= 11 is 0. The zero-order chi connectivity index (χ0) is 13.5. The maximum Gasteiger partial charge on any atom is 0.293 e.